The first kappa shape index (κ1) is 20.4. The highest BCUT2D eigenvalue weighted by atomic mass is 32.1. The van der Waals surface area contributed by atoms with Gasteiger partial charge in [-0.3, -0.25) is 4.98 Å². The quantitative estimate of drug-likeness (QED) is 0.589. The van der Waals surface area contributed by atoms with Crippen LogP contribution in [0.25, 0.3) is 5.69 Å². The lowest BCUT2D eigenvalue weighted by Gasteiger charge is -2.28. The fourth-order valence-corrected chi connectivity index (χ4v) is 4.62. The first-order valence-electron chi connectivity index (χ1n) is 9.97. The lowest BCUT2D eigenvalue weighted by molar-refractivity contribution is 0.164. The molecule has 3 aromatic rings. The van der Waals surface area contributed by atoms with Crippen molar-refractivity contribution in [2.24, 2.45) is 0 Å². The third-order valence-corrected chi connectivity index (χ3v) is 6.00. The van der Waals surface area contributed by atoms with Gasteiger partial charge in [0.1, 0.15) is 5.75 Å². The van der Waals surface area contributed by atoms with Gasteiger partial charge in [0, 0.05) is 31.2 Å². The summed E-state index contributed by atoms with van der Waals surface area (Å²) in [5.41, 5.74) is 4.97. The molecule has 6 nitrogen and oxygen atoms in total. The van der Waals surface area contributed by atoms with Crippen molar-refractivity contribution in [3.05, 3.63) is 77.4 Å². The SMILES string of the molecule is COCCN1C(=S)N[C@H](c2ccccn2)[C@H]1c1cc(C)n(-c2ccccc2O)c1C. The van der Waals surface area contributed by atoms with Crippen LogP contribution in [0.2, 0.25) is 0 Å². The molecule has 2 N–H and O–H groups in total. The Morgan fingerprint density at radius 1 is 1.17 bits per heavy atom. The van der Waals surface area contributed by atoms with Crippen molar-refractivity contribution in [3.63, 3.8) is 0 Å². The van der Waals surface area contributed by atoms with Crippen LogP contribution in [0.1, 0.15) is 34.7 Å². The molecular formula is C23H26N4O2S. The number of nitrogens with zero attached hydrogens (tertiary/aromatic N) is 3. The number of hydrogen-bond acceptors (Lipinski definition) is 4. The fraction of sp³-hybridized carbons (Fsp3) is 0.304. The standard InChI is InChI=1S/C23H26N4O2S/c1-15-14-17(16(2)27(15)19-9-4-5-10-20(19)28)22-21(18-8-6-7-11-24-18)25-23(30)26(22)12-13-29-3/h4-11,14,21-22,28H,12-13H2,1-3H3,(H,25,30)/t21-,22-/m1/s1. The van der Waals surface area contributed by atoms with Crippen LogP contribution in [0.15, 0.2) is 54.7 Å². The molecule has 0 radical (unpaired) electrons. The van der Waals surface area contributed by atoms with Crippen molar-refractivity contribution in [2.45, 2.75) is 25.9 Å². The van der Waals surface area contributed by atoms with E-state index in [1.807, 2.05) is 36.4 Å². The molecule has 7 heteroatoms. The van der Waals surface area contributed by atoms with Crippen LogP contribution in [0.5, 0.6) is 5.75 Å². The van der Waals surface area contributed by atoms with Crippen LogP contribution >= 0.6 is 12.2 Å². The third kappa shape index (κ3) is 3.55. The Labute approximate surface area is 182 Å². The van der Waals surface area contributed by atoms with Gasteiger partial charge in [0.2, 0.25) is 0 Å². The van der Waals surface area contributed by atoms with Gasteiger partial charge in [0.15, 0.2) is 5.11 Å². The molecule has 0 unspecified atom stereocenters. The van der Waals surface area contributed by atoms with Gasteiger partial charge in [-0.25, -0.2) is 0 Å². The molecule has 0 spiro atoms. The Morgan fingerprint density at radius 2 is 1.93 bits per heavy atom. The third-order valence-electron chi connectivity index (χ3n) is 5.65. The van der Waals surface area contributed by atoms with Gasteiger partial charge in [-0.15, -0.1) is 0 Å². The first-order chi connectivity index (χ1) is 14.5. The van der Waals surface area contributed by atoms with Gasteiger partial charge in [-0.2, -0.15) is 0 Å². The molecule has 3 heterocycles. The van der Waals surface area contributed by atoms with E-state index in [4.69, 9.17) is 17.0 Å². The minimum Gasteiger partial charge on any atom is -0.506 e. The Bertz CT molecular complexity index is 1050. The highest BCUT2D eigenvalue weighted by molar-refractivity contribution is 7.80. The Morgan fingerprint density at radius 3 is 2.63 bits per heavy atom. The normalized spacial score (nSPS) is 18.6. The summed E-state index contributed by atoms with van der Waals surface area (Å²) in [6.07, 6.45) is 1.81. The molecule has 0 bridgehead atoms. The molecule has 0 saturated carbocycles. The first-order valence-corrected chi connectivity index (χ1v) is 10.4. The van der Waals surface area contributed by atoms with Crippen molar-refractivity contribution >= 4 is 17.3 Å². The van der Waals surface area contributed by atoms with Crippen molar-refractivity contribution in [1.82, 2.24) is 19.8 Å². The lowest BCUT2D eigenvalue weighted by atomic mass is 9.97. The summed E-state index contributed by atoms with van der Waals surface area (Å²) in [7, 11) is 1.70. The van der Waals surface area contributed by atoms with Crippen LogP contribution in [-0.2, 0) is 4.74 Å². The Balaban J connectivity index is 1.83. The minimum atomic E-state index is -0.0751. The number of phenols is 1. The molecule has 30 heavy (non-hydrogen) atoms. The summed E-state index contributed by atoms with van der Waals surface area (Å²) < 4.78 is 7.43. The van der Waals surface area contributed by atoms with E-state index in [1.54, 1.807) is 19.4 Å². The number of hydrogen-bond donors (Lipinski definition) is 2. The maximum Gasteiger partial charge on any atom is 0.170 e. The van der Waals surface area contributed by atoms with Crippen molar-refractivity contribution in [3.8, 4) is 11.4 Å². The zero-order valence-electron chi connectivity index (χ0n) is 17.4. The number of benzene rings is 1. The predicted octanol–water partition coefficient (Wildman–Crippen LogP) is 3.81. The topological polar surface area (TPSA) is 62.5 Å². The monoisotopic (exact) mass is 422 g/mol. The van der Waals surface area contributed by atoms with Crippen LogP contribution in [-0.4, -0.2) is 44.9 Å². The Kier molecular flexibility index (Phi) is 5.74. The summed E-state index contributed by atoms with van der Waals surface area (Å²) >= 11 is 5.69. The molecule has 4 rings (SSSR count). The second kappa shape index (κ2) is 8.45. The van der Waals surface area contributed by atoms with E-state index < -0.39 is 0 Å². The van der Waals surface area contributed by atoms with Crippen molar-refractivity contribution in [1.29, 1.82) is 0 Å². The maximum absolute atomic E-state index is 10.4. The molecule has 156 valence electrons. The van der Waals surface area contributed by atoms with Gasteiger partial charge >= 0.3 is 0 Å². The summed E-state index contributed by atoms with van der Waals surface area (Å²) in [4.78, 5) is 6.77. The van der Waals surface area contributed by atoms with Crippen LogP contribution < -0.4 is 5.32 Å². The smallest absolute Gasteiger partial charge is 0.170 e. The van der Waals surface area contributed by atoms with Gasteiger partial charge in [0.25, 0.3) is 0 Å². The largest absolute Gasteiger partial charge is 0.506 e. The molecule has 2 atom stereocenters. The number of rotatable bonds is 6. The average Bonchev–Trinajstić information content (AvgIpc) is 3.23. The minimum absolute atomic E-state index is 0.0339. The Hall–Kier alpha value is -2.90. The molecule has 1 fully saturated rings. The molecule has 1 saturated heterocycles. The second-order valence-corrected chi connectivity index (χ2v) is 7.85. The van der Waals surface area contributed by atoms with Crippen LogP contribution in [0.4, 0.5) is 0 Å². The number of aromatic hydroxyl groups is 1. The summed E-state index contributed by atoms with van der Waals surface area (Å²) in [5, 5.41) is 14.6. The van der Waals surface area contributed by atoms with E-state index in [0.717, 1.165) is 28.3 Å². The summed E-state index contributed by atoms with van der Waals surface area (Å²) in [6, 6.07) is 15.4. The fourth-order valence-electron chi connectivity index (χ4n) is 4.29. The second-order valence-electron chi connectivity index (χ2n) is 7.46. The molecule has 2 aromatic heterocycles. The number of nitrogens with one attached hydrogen (secondary N) is 1. The zero-order chi connectivity index (χ0) is 21.3. The van der Waals surface area contributed by atoms with E-state index >= 15 is 0 Å². The van der Waals surface area contributed by atoms with Crippen molar-refractivity contribution < 1.29 is 9.84 Å². The number of aryl methyl sites for hydroxylation is 1. The maximum atomic E-state index is 10.4. The van der Waals surface area contributed by atoms with E-state index in [1.165, 1.54) is 0 Å². The molecular weight excluding hydrogens is 396 g/mol. The number of methoxy groups -OCH3 is 1. The van der Waals surface area contributed by atoms with E-state index in [-0.39, 0.29) is 17.8 Å². The molecule has 1 aliphatic rings. The number of phenolic OH excluding ortho intramolecular Hbond substituents is 1. The zero-order valence-corrected chi connectivity index (χ0v) is 18.2. The van der Waals surface area contributed by atoms with Crippen molar-refractivity contribution in [2.75, 3.05) is 20.3 Å². The van der Waals surface area contributed by atoms with E-state index in [9.17, 15) is 5.11 Å². The van der Waals surface area contributed by atoms with E-state index in [2.05, 4.69) is 39.7 Å². The van der Waals surface area contributed by atoms with E-state index in [0.29, 0.717) is 18.3 Å². The average molecular weight is 423 g/mol. The highest BCUT2D eigenvalue weighted by Gasteiger charge is 2.41. The lowest BCUT2D eigenvalue weighted by Crippen LogP contribution is -2.32. The molecule has 0 amide bonds. The number of ether oxygens (including phenoxy) is 1. The predicted molar refractivity (Wildman–Crippen MR) is 121 cm³/mol. The number of aromatic nitrogens is 2. The van der Waals surface area contributed by atoms with Gasteiger partial charge in [-0.1, -0.05) is 18.2 Å². The highest BCUT2D eigenvalue weighted by Crippen LogP contribution is 2.41. The molecule has 1 aromatic carbocycles. The van der Waals surface area contributed by atoms with Gasteiger partial charge < -0.3 is 24.6 Å². The number of pyridine rings is 1. The number of para-hydroxylation sites is 2. The summed E-state index contributed by atoms with van der Waals surface area (Å²) in [5.74, 6) is 0.253. The molecule has 0 aliphatic carbocycles. The van der Waals surface area contributed by atoms with Crippen LogP contribution in [0, 0.1) is 13.8 Å². The van der Waals surface area contributed by atoms with Gasteiger partial charge in [0.05, 0.1) is 30.1 Å². The summed E-state index contributed by atoms with van der Waals surface area (Å²) in [6.45, 7) is 5.39. The van der Waals surface area contributed by atoms with Gasteiger partial charge in [-0.05, 0) is 62.0 Å². The van der Waals surface area contributed by atoms with Crippen LogP contribution in [0.3, 0.4) is 0 Å². The number of thiocarbonyl (C=S) groups is 1. The molecule has 1 aliphatic heterocycles.